The second kappa shape index (κ2) is 5.47. The Kier molecular flexibility index (Phi) is 3.74. The lowest BCUT2D eigenvalue weighted by atomic mass is 10.1. The first kappa shape index (κ1) is 13.0. The summed E-state index contributed by atoms with van der Waals surface area (Å²) < 4.78 is 2.28. The van der Waals surface area contributed by atoms with Gasteiger partial charge in [-0.05, 0) is 36.8 Å². The Morgan fingerprint density at radius 1 is 1.32 bits per heavy atom. The molecule has 6 heteroatoms. The number of hydrogen-bond donors (Lipinski definition) is 1. The number of nitrogens with one attached hydrogen (secondary N) is 1. The molecule has 0 aliphatic rings. The maximum atomic E-state index is 9.05. The average Bonchev–Trinajstić information content (AvgIpc) is 2.79. The van der Waals surface area contributed by atoms with E-state index in [1.165, 1.54) is 0 Å². The Morgan fingerprint density at radius 2 is 2.05 bits per heavy atom. The molecule has 0 fully saturated rings. The third-order valence-corrected chi connectivity index (χ3v) is 2.99. The zero-order chi connectivity index (χ0) is 13.8. The highest BCUT2D eigenvalue weighted by Gasteiger charge is 2.10. The summed E-state index contributed by atoms with van der Waals surface area (Å²) in [5, 5.41) is 24.9. The molecular weight excluding hydrogens is 258 g/mol. The van der Waals surface area contributed by atoms with Gasteiger partial charge in [0, 0.05) is 6.42 Å². The monoisotopic (exact) mass is 269 g/mol. The van der Waals surface area contributed by atoms with E-state index in [1.807, 2.05) is 12.1 Å². The molecule has 0 bridgehead atoms. The van der Waals surface area contributed by atoms with E-state index in [0.717, 1.165) is 24.4 Å². The number of nitriles is 2. The van der Waals surface area contributed by atoms with Crippen molar-refractivity contribution in [2.75, 3.05) is 0 Å². The first-order valence-electron chi connectivity index (χ1n) is 5.82. The molecule has 2 aromatic rings. The fourth-order valence-electron chi connectivity index (χ4n) is 1.85. The highest BCUT2D eigenvalue weighted by atomic mass is 32.1. The van der Waals surface area contributed by atoms with Crippen LogP contribution in [0.25, 0.3) is 5.69 Å². The van der Waals surface area contributed by atoms with Crippen molar-refractivity contribution in [1.82, 2.24) is 14.8 Å². The van der Waals surface area contributed by atoms with Gasteiger partial charge in [-0.15, -0.1) is 0 Å². The normalized spacial score (nSPS) is 9.84. The van der Waals surface area contributed by atoms with Crippen molar-refractivity contribution in [2.45, 2.75) is 19.8 Å². The molecule has 1 aromatic heterocycles. The number of nitrogens with zero attached hydrogens (tertiary/aromatic N) is 4. The van der Waals surface area contributed by atoms with E-state index in [2.05, 4.69) is 17.1 Å². The minimum Gasteiger partial charge on any atom is -0.272 e. The largest absolute Gasteiger partial charge is 0.272 e. The summed E-state index contributed by atoms with van der Waals surface area (Å²) in [7, 11) is 0. The van der Waals surface area contributed by atoms with E-state index in [9.17, 15) is 0 Å². The van der Waals surface area contributed by atoms with E-state index < -0.39 is 0 Å². The zero-order valence-electron chi connectivity index (χ0n) is 10.3. The molecule has 0 spiro atoms. The number of aromatic amines is 1. The van der Waals surface area contributed by atoms with Gasteiger partial charge in [-0.2, -0.15) is 15.6 Å². The van der Waals surface area contributed by atoms with Gasteiger partial charge in [0.25, 0.3) is 0 Å². The van der Waals surface area contributed by atoms with Crippen molar-refractivity contribution in [3.8, 4) is 17.8 Å². The topological polar surface area (TPSA) is 81.2 Å². The van der Waals surface area contributed by atoms with Crippen LogP contribution in [0.1, 0.15) is 30.3 Å². The summed E-state index contributed by atoms with van der Waals surface area (Å²) in [4.78, 5) is 0. The van der Waals surface area contributed by atoms with Gasteiger partial charge in [0.05, 0.1) is 16.8 Å². The number of hydrogen-bond acceptors (Lipinski definition) is 4. The molecule has 0 aliphatic heterocycles. The highest BCUT2D eigenvalue weighted by Crippen LogP contribution is 2.17. The molecule has 0 aliphatic carbocycles. The summed E-state index contributed by atoms with van der Waals surface area (Å²) in [6.45, 7) is 2.06. The first-order chi connectivity index (χ1) is 9.21. The van der Waals surface area contributed by atoms with Crippen LogP contribution in [0.2, 0.25) is 0 Å². The maximum absolute atomic E-state index is 9.05. The number of H-pyrrole nitrogens is 1. The number of rotatable bonds is 3. The van der Waals surface area contributed by atoms with Gasteiger partial charge in [0.15, 0.2) is 4.77 Å². The Labute approximate surface area is 115 Å². The number of aromatic nitrogens is 3. The summed E-state index contributed by atoms with van der Waals surface area (Å²) in [6, 6.07) is 9.06. The van der Waals surface area contributed by atoms with Gasteiger partial charge in [-0.3, -0.25) is 9.67 Å². The molecule has 1 heterocycles. The van der Waals surface area contributed by atoms with Crippen LogP contribution >= 0.6 is 12.2 Å². The predicted octanol–water partition coefficient (Wildman–Crippen LogP) is 2.63. The van der Waals surface area contributed by atoms with Crippen molar-refractivity contribution in [3.05, 3.63) is 39.9 Å². The molecule has 0 saturated heterocycles. The Balaban J connectivity index is 2.61. The predicted molar refractivity (Wildman–Crippen MR) is 72.2 cm³/mol. The maximum Gasteiger partial charge on any atom is 0.199 e. The number of benzene rings is 1. The quantitative estimate of drug-likeness (QED) is 0.868. The van der Waals surface area contributed by atoms with Crippen LogP contribution in [0.5, 0.6) is 0 Å². The van der Waals surface area contributed by atoms with Crippen molar-refractivity contribution in [2.24, 2.45) is 0 Å². The fraction of sp³-hybridized carbons (Fsp3) is 0.231. The molecular formula is C13H11N5S. The fourth-order valence-corrected chi connectivity index (χ4v) is 2.10. The molecule has 0 amide bonds. The van der Waals surface area contributed by atoms with Crippen molar-refractivity contribution in [1.29, 1.82) is 10.5 Å². The van der Waals surface area contributed by atoms with Crippen LogP contribution in [0.4, 0.5) is 0 Å². The van der Waals surface area contributed by atoms with Crippen LogP contribution in [-0.2, 0) is 6.42 Å². The smallest absolute Gasteiger partial charge is 0.199 e. The molecule has 19 heavy (non-hydrogen) atoms. The molecule has 1 aromatic carbocycles. The van der Waals surface area contributed by atoms with E-state index in [4.69, 9.17) is 22.7 Å². The second-order valence-corrected chi connectivity index (χ2v) is 4.37. The highest BCUT2D eigenvalue weighted by molar-refractivity contribution is 7.71. The van der Waals surface area contributed by atoms with E-state index in [1.54, 1.807) is 22.8 Å². The molecule has 0 unspecified atom stereocenters. The van der Waals surface area contributed by atoms with E-state index in [0.29, 0.717) is 15.9 Å². The summed E-state index contributed by atoms with van der Waals surface area (Å²) in [5.74, 6) is 0.820. The lowest BCUT2D eigenvalue weighted by Gasteiger charge is -2.07. The average molecular weight is 269 g/mol. The van der Waals surface area contributed by atoms with Gasteiger partial charge < -0.3 is 0 Å². The van der Waals surface area contributed by atoms with Gasteiger partial charge in [0.2, 0.25) is 0 Å². The molecule has 0 saturated carbocycles. The van der Waals surface area contributed by atoms with E-state index >= 15 is 0 Å². The SMILES string of the molecule is CCCc1n[nH]c(=S)n1-c1ccc(C#N)c(C#N)c1. The van der Waals surface area contributed by atoms with Crippen LogP contribution < -0.4 is 0 Å². The van der Waals surface area contributed by atoms with E-state index in [-0.39, 0.29) is 0 Å². The summed E-state index contributed by atoms with van der Waals surface area (Å²) in [6.07, 6.45) is 1.73. The van der Waals surface area contributed by atoms with Crippen LogP contribution in [-0.4, -0.2) is 14.8 Å². The first-order valence-corrected chi connectivity index (χ1v) is 6.23. The molecule has 5 nitrogen and oxygen atoms in total. The number of aryl methyl sites for hydroxylation is 1. The molecule has 94 valence electrons. The van der Waals surface area contributed by atoms with Crippen LogP contribution in [0.15, 0.2) is 18.2 Å². The molecule has 1 N–H and O–H groups in total. The molecule has 2 rings (SSSR count). The van der Waals surface area contributed by atoms with Crippen molar-refractivity contribution >= 4 is 12.2 Å². The van der Waals surface area contributed by atoms with Gasteiger partial charge in [0.1, 0.15) is 18.0 Å². The summed E-state index contributed by atoms with van der Waals surface area (Å²) >= 11 is 5.21. The second-order valence-electron chi connectivity index (χ2n) is 3.98. The lowest BCUT2D eigenvalue weighted by molar-refractivity contribution is 0.801. The van der Waals surface area contributed by atoms with Crippen LogP contribution in [0, 0.1) is 27.4 Å². The Bertz CT molecular complexity index is 742. The lowest BCUT2D eigenvalue weighted by Crippen LogP contribution is -2.02. The van der Waals surface area contributed by atoms with Crippen molar-refractivity contribution < 1.29 is 0 Å². The Morgan fingerprint density at radius 3 is 2.68 bits per heavy atom. The molecule has 0 radical (unpaired) electrons. The summed E-state index contributed by atoms with van der Waals surface area (Å²) in [5.41, 5.74) is 1.45. The minimum absolute atomic E-state index is 0.338. The van der Waals surface area contributed by atoms with Crippen LogP contribution in [0.3, 0.4) is 0 Å². The zero-order valence-corrected chi connectivity index (χ0v) is 11.2. The van der Waals surface area contributed by atoms with Gasteiger partial charge in [-0.1, -0.05) is 6.92 Å². The third kappa shape index (κ3) is 2.40. The Hall–Kier alpha value is -2.44. The minimum atomic E-state index is 0.338. The van der Waals surface area contributed by atoms with Gasteiger partial charge >= 0.3 is 0 Å². The van der Waals surface area contributed by atoms with Crippen molar-refractivity contribution in [3.63, 3.8) is 0 Å². The molecule has 0 atom stereocenters. The third-order valence-electron chi connectivity index (χ3n) is 2.72. The standard InChI is InChI=1S/C13H11N5S/c1-2-3-12-16-17-13(19)18(12)11-5-4-9(7-14)10(6-11)8-15/h4-6H,2-3H2,1H3,(H,17,19). The van der Waals surface area contributed by atoms with Gasteiger partial charge in [-0.25, -0.2) is 0 Å².